The smallest absolute Gasteiger partial charge is 0.306 e. The van der Waals surface area contributed by atoms with Crippen LogP contribution in [0.2, 0.25) is 0 Å². The molecule has 0 aliphatic rings. The summed E-state index contributed by atoms with van der Waals surface area (Å²) < 4.78 is 38.5. The highest BCUT2D eigenvalue weighted by atomic mass is 19.4. The molecular weight excluding hydrogens is 335 g/mol. The summed E-state index contributed by atoms with van der Waals surface area (Å²) in [4.78, 5) is 23.3. The van der Waals surface area contributed by atoms with E-state index in [0.29, 0.717) is 6.42 Å². The molecule has 0 unspecified atom stereocenters. The van der Waals surface area contributed by atoms with Gasteiger partial charge in [-0.1, -0.05) is 42.5 Å². The lowest BCUT2D eigenvalue weighted by molar-refractivity contribution is -0.137. The number of carbonyl (C=O) groups is 2. The first kappa shape index (κ1) is 18.3. The Morgan fingerprint density at radius 2 is 1.52 bits per heavy atom. The lowest BCUT2D eigenvalue weighted by Crippen LogP contribution is -2.44. The highest BCUT2D eigenvalue weighted by Gasteiger charge is 2.33. The monoisotopic (exact) mass is 351 g/mol. The van der Waals surface area contributed by atoms with Crippen LogP contribution in [-0.2, 0) is 17.4 Å². The van der Waals surface area contributed by atoms with Crippen LogP contribution in [0.1, 0.15) is 17.5 Å². The summed E-state index contributed by atoms with van der Waals surface area (Å²) in [6, 6.07) is 12.9. The van der Waals surface area contributed by atoms with Crippen LogP contribution in [-0.4, -0.2) is 11.9 Å². The predicted octanol–water partition coefficient (Wildman–Crippen LogP) is 3.49. The molecule has 3 N–H and O–H groups in total. The Kier molecular flexibility index (Phi) is 5.99. The molecule has 2 aromatic rings. The molecule has 0 saturated carbocycles. The standard InChI is InChI=1S/C17H16F3N3O2/c18-17(19,20)13-8-4-5-9-14(13)21-16(25)23-22-15(24)11-10-12-6-2-1-3-7-12/h1-9H,10-11H2,(H,22,24)(H2,21,23,25). The third-order valence-electron chi connectivity index (χ3n) is 3.28. The summed E-state index contributed by atoms with van der Waals surface area (Å²) in [6.07, 6.45) is -3.99. The molecule has 3 amide bonds. The highest BCUT2D eigenvalue weighted by molar-refractivity contribution is 5.91. The van der Waals surface area contributed by atoms with Crippen LogP contribution in [0.25, 0.3) is 0 Å². The number of anilines is 1. The van der Waals surface area contributed by atoms with Gasteiger partial charge in [-0.25, -0.2) is 10.2 Å². The Morgan fingerprint density at radius 1 is 0.880 bits per heavy atom. The van der Waals surface area contributed by atoms with Crippen molar-refractivity contribution in [2.45, 2.75) is 19.0 Å². The summed E-state index contributed by atoms with van der Waals surface area (Å²) >= 11 is 0. The van der Waals surface area contributed by atoms with Crippen molar-refractivity contribution < 1.29 is 22.8 Å². The SMILES string of the molecule is O=C(CCc1ccccc1)NNC(=O)Nc1ccccc1C(F)(F)F. The summed E-state index contributed by atoms with van der Waals surface area (Å²) in [7, 11) is 0. The maximum atomic E-state index is 12.8. The molecule has 0 aliphatic carbocycles. The van der Waals surface area contributed by atoms with Crippen molar-refractivity contribution >= 4 is 17.6 Å². The average molecular weight is 351 g/mol. The minimum Gasteiger partial charge on any atom is -0.306 e. The van der Waals surface area contributed by atoms with Gasteiger partial charge in [0.15, 0.2) is 0 Å². The van der Waals surface area contributed by atoms with E-state index >= 15 is 0 Å². The Balaban J connectivity index is 1.82. The number of alkyl halides is 3. The zero-order valence-corrected chi connectivity index (χ0v) is 13.1. The Hall–Kier alpha value is -3.03. The van der Waals surface area contributed by atoms with Crippen molar-refractivity contribution in [2.24, 2.45) is 0 Å². The molecule has 0 heterocycles. The van der Waals surface area contributed by atoms with E-state index in [1.165, 1.54) is 12.1 Å². The number of aryl methyl sites for hydroxylation is 1. The van der Waals surface area contributed by atoms with Gasteiger partial charge < -0.3 is 5.32 Å². The molecule has 0 atom stereocenters. The maximum Gasteiger partial charge on any atom is 0.418 e. The number of hydrazine groups is 1. The van der Waals surface area contributed by atoms with Crippen LogP contribution >= 0.6 is 0 Å². The van der Waals surface area contributed by atoms with E-state index < -0.39 is 29.4 Å². The van der Waals surface area contributed by atoms with Gasteiger partial charge in [-0.2, -0.15) is 13.2 Å². The van der Waals surface area contributed by atoms with Gasteiger partial charge in [0, 0.05) is 6.42 Å². The number of halogens is 3. The van der Waals surface area contributed by atoms with Gasteiger partial charge in [0.25, 0.3) is 0 Å². The maximum absolute atomic E-state index is 12.8. The number of urea groups is 1. The normalized spacial score (nSPS) is 10.8. The van der Waals surface area contributed by atoms with Gasteiger partial charge in [-0.3, -0.25) is 10.2 Å². The van der Waals surface area contributed by atoms with E-state index in [9.17, 15) is 22.8 Å². The number of para-hydroxylation sites is 1. The zero-order chi connectivity index (χ0) is 18.3. The van der Waals surface area contributed by atoms with Gasteiger partial charge in [0.05, 0.1) is 11.3 Å². The Morgan fingerprint density at radius 3 is 2.20 bits per heavy atom. The van der Waals surface area contributed by atoms with Gasteiger partial charge >= 0.3 is 12.2 Å². The van der Waals surface area contributed by atoms with Crippen molar-refractivity contribution in [3.63, 3.8) is 0 Å². The second-order valence-electron chi connectivity index (χ2n) is 5.16. The fourth-order valence-corrected chi connectivity index (χ4v) is 2.08. The molecule has 2 aromatic carbocycles. The molecule has 25 heavy (non-hydrogen) atoms. The fraction of sp³-hybridized carbons (Fsp3) is 0.176. The first-order valence-corrected chi connectivity index (χ1v) is 7.42. The van der Waals surface area contributed by atoms with Crippen molar-refractivity contribution in [1.29, 1.82) is 0 Å². The second-order valence-corrected chi connectivity index (χ2v) is 5.16. The van der Waals surface area contributed by atoms with Gasteiger partial charge in [-0.15, -0.1) is 0 Å². The Labute approximate surface area is 142 Å². The van der Waals surface area contributed by atoms with Gasteiger partial charge in [0.2, 0.25) is 5.91 Å². The van der Waals surface area contributed by atoms with Crippen molar-refractivity contribution in [3.05, 3.63) is 65.7 Å². The predicted molar refractivity (Wildman–Crippen MR) is 86.5 cm³/mol. The molecule has 0 fully saturated rings. The van der Waals surface area contributed by atoms with E-state index in [-0.39, 0.29) is 6.42 Å². The molecule has 0 saturated heterocycles. The molecule has 0 aliphatic heterocycles. The number of carbonyl (C=O) groups excluding carboxylic acids is 2. The van der Waals surface area contributed by atoms with Crippen LogP contribution in [0.5, 0.6) is 0 Å². The van der Waals surface area contributed by atoms with Crippen LogP contribution in [0.15, 0.2) is 54.6 Å². The van der Waals surface area contributed by atoms with Crippen molar-refractivity contribution in [1.82, 2.24) is 10.9 Å². The minimum atomic E-state index is -4.59. The quantitative estimate of drug-likeness (QED) is 0.738. The third-order valence-corrected chi connectivity index (χ3v) is 3.28. The van der Waals surface area contributed by atoms with E-state index in [0.717, 1.165) is 17.7 Å². The minimum absolute atomic E-state index is 0.128. The summed E-state index contributed by atoms with van der Waals surface area (Å²) in [5.41, 5.74) is 3.77. The molecule has 0 spiro atoms. The molecule has 0 bridgehead atoms. The van der Waals surface area contributed by atoms with E-state index in [4.69, 9.17) is 0 Å². The lowest BCUT2D eigenvalue weighted by Gasteiger charge is -2.14. The lowest BCUT2D eigenvalue weighted by atomic mass is 10.1. The van der Waals surface area contributed by atoms with E-state index in [1.807, 2.05) is 35.8 Å². The molecule has 0 radical (unpaired) electrons. The first-order valence-electron chi connectivity index (χ1n) is 7.42. The van der Waals surface area contributed by atoms with Crippen LogP contribution in [0.3, 0.4) is 0 Å². The molecule has 8 heteroatoms. The molecule has 132 valence electrons. The van der Waals surface area contributed by atoms with Gasteiger partial charge in [-0.05, 0) is 24.1 Å². The third kappa shape index (κ3) is 5.83. The van der Waals surface area contributed by atoms with E-state index in [2.05, 4.69) is 10.7 Å². The number of nitrogens with one attached hydrogen (secondary N) is 3. The summed E-state index contributed by atoms with van der Waals surface area (Å²) in [6.45, 7) is 0. The van der Waals surface area contributed by atoms with Gasteiger partial charge in [0.1, 0.15) is 0 Å². The zero-order valence-electron chi connectivity index (χ0n) is 13.1. The van der Waals surface area contributed by atoms with Crippen LogP contribution in [0.4, 0.5) is 23.7 Å². The highest BCUT2D eigenvalue weighted by Crippen LogP contribution is 2.34. The van der Waals surface area contributed by atoms with Crippen LogP contribution in [0, 0.1) is 0 Å². The fourth-order valence-electron chi connectivity index (χ4n) is 2.08. The second kappa shape index (κ2) is 8.18. The summed E-state index contributed by atoms with van der Waals surface area (Å²) in [5, 5.41) is 2.06. The average Bonchev–Trinajstić information content (AvgIpc) is 2.58. The number of hydrogen-bond donors (Lipinski definition) is 3. The van der Waals surface area contributed by atoms with Crippen molar-refractivity contribution in [2.75, 3.05) is 5.32 Å². The molecule has 2 rings (SSSR count). The van der Waals surface area contributed by atoms with Crippen LogP contribution < -0.4 is 16.2 Å². The molecular formula is C17H16F3N3O2. The Bertz CT molecular complexity index is 733. The topological polar surface area (TPSA) is 70.2 Å². The first-order chi connectivity index (χ1) is 11.9. The van der Waals surface area contributed by atoms with Crippen molar-refractivity contribution in [3.8, 4) is 0 Å². The molecule has 0 aromatic heterocycles. The van der Waals surface area contributed by atoms with E-state index in [1.54, 1.807) is 0 Å². The number of benzene rings is 2. The number of hydrogen-bond acceptors (Lipinski definition) is 2. The number of rotatable bonds is 4. The largest absolute Gasteiger partial charge is 0.418 e. The number of amides is 3. The summed E-state index contributed by atoms with van der Waals surface area (Å²) in [5.74, 6) is -0.455. The molecule has 5 nitrogen and oxygen atoms in total.